The van der Waals surface area contributed by atoms with Gasteiger partial charge in [0.1, 0.15) is 0 Å². The minimum Gasteiger partial charge on any atom is -0.313 e. The predicted molar refractivity (Wildman–Crippen MR) is 94.8 cm³/mol. The zero-order chi connectivity index (χ0) is 16.3. The standard InChI is InChI=1S/C19H40N2/c1-9-19(6,7)15-11-12-16(20-10-2)17(13-15)21(8)14-18(3,4)5/h15-17,20H,9-14H2,1-8H3. The molecule has 1 N–H and O–H groups in total. The average Bonchev–Trinajstić information content (AvgIpc) is 2.37. The molecule has 0 aromatic carbocycles. The molecule has 0 heterocycles. The lowest BCUT2D eigenvalue weighted by Crippen LogP contribution is -2.54. The van der Waals surface area contributed by atoms with Crippen molar-refractivity contribution in [1.29, 1.82) is 0 Å². The first-order chi connectivity index (χ1) is 9.60. The fourth-order valence-electron chi connectivity index (χ4n) is 4.00. The Morgan fingerprint density at radius 3 is 2.14 bits per heavy atom. The number of nitrogens with zero attached hydrogens (tertiary/aromatic N) is 1. The van der Waals surface area contributed by atoms with Crippen molar-refractivity contribution in [2.75, 3.05) is 20.1 Å². The van der Waals surface area contributed by atoms with Crippen LogP contribution < -0.4 is 5.32 Å². The molecule has 3 atom stereocenters. The maximum absolute atomic E-state index is 3.75. The Kier molecular flexibility index (Phi) is 6.74. The summed E-state index contributed by atoms with van der Waals surface area (Å²) in [6.07, 6.45) is 5.36. The van der Waals surface area contributed by atoms with Crippen molar-refractivity contribution in [1.82, 2.24) is 10.2 Å². The first-order valence-corrected chi connectivity index (χ1v) is 9.04. The van der Waals surface area contributed by atoms with Crippen molar-refractivity contribution in [2.24, 2.45) is 16.7 Å². The number of hydrogen-bond acceptors (Lipinski definition) is 2. The second-order valence-corrected chi connectivity index (χ2v) is 9.06. The van der Waals surface area contributed by atoms with Gasteiger partial charge in [0.25, 0.3) is 0 Å². The van der Waals surface area contributed by atoms with Crippen LogP contribution in [-0.2, 0) is 0 Å². The molecule has 0 bridgehead atoms. The SMILES string of the molecule is CCNC1CCC(C(C)(C)CC)CC1N(C)CC(C)(C)C. The molecule has 126 valence electrons. The normalized spacial score (nSPS) is 28.1. The monoisotopic (exact) mass is 296 g/mol. The van der Waals surface area contributed by atoms with E-state index in [2.05, 4.69) is 65.7 Å². The quantitative estimate of drug-likeness (QED) is 0.773. The van der Waals surface area contributed by atoms with Gasteiger partial charge in [0.15, 0.2) is 0 Å². The van der Waals surface area contributed by atoms with Gasteiger partial charge in [-0.25, -0.2) is 0 Å². The summed E-state index contributed by atoms with van der Waals surface area (Å²) in [5.41, 5.74) is 0.858. The zero-order valence-corrected chi connectivity index (χ0v) is 15.9. The van der Waals surface area contributed by atoms with Crippen molar-refractivity contribution in [3.8, 4) is 0 Å². The lowest BCUT2D eigenvalue weighted by Gasteiger charge is -2.47. The fraction of sp³-hybridized carbons (Fsp3) is 1.00. The van der Waals surface area contributed by atoms with Crippen LogP contribution in [0, 0.1) is 16.7 Å². The van der Waals surface area contributed by atoms with E-state index in [0.717, 1.165) is 12.5 Å². The lowest BCUT2D eigenvalue weighted by molar-refractivity contribution is 0.0484. The van der Waals surface area contributed by atoms with Gasteiger partial charge in [-0.3, -0.25) is 0 Å². The molecule has 1 fully saturated rings. The van der Waals surface area contributed by atoms with Gasteiger partial charge in [-0.05, 0) is 49.6 Å². The summed E-state index contributed by atoms with van der Waals surface area (Å²) < 4.78 is 0. The van der Waals surface area contributed by atoms with Gasteiger partial charge in [-0.15, -0.1) is 0 Å². The Labute approximate surface area is 134 Å². The molecule has 0 spiro atoms. The molecule has 1 aliphatic rings. The van der Waals surface area contributed by atoms with E-state index in [1.54, 1.807) is 0 Å². The van der Waals surface area contributed by atoms with Crippen LogP contribution in [0.1, 0.15) is 74.1 Å². The third-order valence-electron chi connectivity index (χ3n) is 5.59. The minimum atomic E-state index is 0.374. The Morgan fingerprint density at radius 2 is 1.67 bits per heavy atom. The van der Waals surface area contributed by atoms with Crippen molar-refractivity contribution >= 4 is 0 Å². The van der Waals surface area contributed by atoms with Crippen LogP contribution in [-0.4, -0.2) is 37.1 Å². The van der Waals surface area contributed by atoms with Crippen molar-refractivity contribution in [3.63, 3.8) is 0 Å². The molecule has 1 rings (SSSR count). The molecule has 21 heavy (non-hydrogen) atoms. The van der Waals surface area contributed by atoms with Crippen LogP contribution in [0.2, 0.25) is 0 Å². The summed E-state index contributed by atoms with van der Waals surface area (Å²) >= 11 is 0. The van der Waals surface area contributed by atoms with Crippen LogP contribution in [0.15, 0.2) is 0 Å². The first kappa shape index (κ1) is 19.0. The third-order valence-corrected chi connectivity index (χ3v) is 5.59. The topological polar surface area (TPSA) is 15.3 Å². The van der Waals surface area contributed by atoms with Gasteiger partial charge < -0.3 is 10.2 Å². The van der Waals surface area contributed by atoms with Crippen LogP contribution >= 0.6 is 0 Å². The smallest absolute Gasteiger partial charge is 0.0249 e. The molecule has 1 saturated carbocycles. The van der Waals surface area contributed by atoms with E-state index >= 15 is 0 Å². The van der Waals surface area contributed by atoms with E-state index in [0.29, 0.717) is 22.9 Å². The molecule has 1 aliphatic carbocycles. The predicted octanol–water partition coefficient (Wildman–Crippen LogP) is 4.55. The van der Waals surface area contributed by atoms with Gasteiger partial charge in [0.05, 0.1) is 0 Å². The summed E-state index contributed by atoms with van der Waals surface area (Å²) in [6.45, 7) is 18.8. The van der Waals surface area contributed by atoms with Crippen LogP contribution in [0.4, 0.5) is 0 Å². The van der Waals surface area contributed by atoms with Gasteiger partial charge in [-0.1, -0.05) is 54.9 Å². The second-order valence-electron chi connectivity index (χ2n) is 9.06. The van der Waals surface area contributed by atoms with Gasteiger partial charge in [0.2, 0.25) is 0 Å². The van der Waals surface area contributed by atoms with Crippen LogP contribution in [0.25, 0.3) is 0 Å². The molecule has 2 nitrogen and oxygen atoms in total. The Morgan fingerprint density at radius 1 is 1.05 bits per heavy atom. The Balaban J connectivity index is 2.81. The van der Waals surface area contributed by atoms with E-state index in [9.17, 15) is 0 Å². The van der Waals surface area contributed by atoms with Crippen molar-refractivity contribution in [2.45, 2.75) is 86.2 Å². The lowest BCUT2D eigenvalue weighted by atomic mass is 9.67. The van der Waals surface area contributed by atoms with Crippen LogP contribution in [0.5, 0.6) is 0 Å². The van der Waals surface area contributed by atoms with E-state index in [4.69, 9.17) is 0 Å². The summed E-state index contributed by atoms with van der Waals surface area (Å²) in [5.74, 6) is 0.866. The molecule has 0 saturated heterocycles. The Bertz CT molecular complexity index is 303. The molecule has 0 radical (unpaired) electrons. The Hall–Kier alpha value is -0.0800. The highest BCUT2D eigenvalue weighted by atomic mass is 15.2. The molecule has 2 heteroatoms. The first-order valence-electron chi connectivity index (χ1n) is 9.04. The molecular formula is C19H40N2. The van der Waals surface area contributed by atoms with Crippen LogP contribution in [0.3, 0.4) is 0 Å². The number of likely N-dealkylation sites (N-methyl/N-ethyl adjacent to an activating group) is 2. The third kappa shape index (κ3) is 5.56. The minimum absolute atomic E-state index is 0.374. The molecule has 0 aromatic rings. The maximum Gasteiger partial charge on any atom is 0.0249 e. The van der Waals surface area contributed by atoms with E-state index in [1.807, 2.05) is 0 Å². The molecule has 0 aromatic heterocycles. The zero-order valence-electron chi connectivity index (χ0n) is 15.9. The highest BCUT2D eigenvalue weighted by molar-refractivity contribution is 4.94. The van der Waals surface area contributed by atoms with E-state index in [1.165, 1.54) is 32.2 Å². The second kappa shape index (κ2) is 7.46. The van der Waals surface area contributed by atoms with Gasteiger partial charge >= 0.3 is 0 Å². The summed E-state index contributed by atoms with van der Waals surface area (Å²) in [7, 11) is 2.33. The van der Waals surface area contributed by atoms with Crippen molar-refractivity contribution < 1.29 is 0 Å². The highest BCUT2D eigenvalue weighted by Crippen LogP contribution is 2.41. The molecule has 3 unspecified atom stereocenters. The van der Waals surface area contributed by atoms with E-state index < -0.39 is 0 Å². The number of hydrogen-bond donors (Lipinski definition) is 1. The average molecular weight is 297 g/mol. The molecule has 0 amide bonds. The summed E-state index contributed by atoms with van der Waals surface area (Å²) in [6, 6.07) is 1.36. The van der Waals surface area contributed by atoms with E-state index in [-0.39, 0.29) is 0 Å². The van der Waals surface area contributed by atoms with Gasteiger partial charge in [-0.2, -0.15) is 0 Å². The summed E-state index contributed by atoms with van der Waals surface area (Å²) in [4.78, 5) is 2.63. The number of nitrogens with one attached hydrogen (secondary N) is 1. The highest BCUT2D eigenvalue weighted by Gasteiger charge is 2.39. The largest absolute Gasteiger partial charge is 0.313 e. The summed E-state index contributed by atoms with van der Waals surface area (Å²) in [5, 5.41) is 3.75. The molecular weight excluding hydrogens is 256 g/mol. The van der Waals surface area contributed by atoms with Crippen molar-refractivity contribution in [3.05, 3.63) is 0 Å². The number of rotatable bonds is 6. The fourth-order valence-corrected chi connectivity index (χ4v) is 4.00. The maximum atomic E-state index is 3.75. The molecule has 0 aliphatic heterocycles. The van der Waals surface area contributed by atoms with Gasteiger partial charge in [0, 0.05) is 18.6 Å².